The average Bonchev–Trinajstić information content (AvgIpc) is 2.34. The molecule has 7 heteroatoms. The predicted molar refractivity (Wildman–Crippen MR) is 58.5 cm³/mol. The van der Waals surface area contributed by atoms with Crippen molar-refractivity contribution < 1.29 is 27.8 Å². The maximum absolute atomic E-state index is 12.6. The number of rotatable bonds is 4. The van der Waals surface area contributed by atoms with Crippen molar-refractivity contribution >= 4 is 0 Å². The van der Waals surface area contributed by atoms with Gasteiger partial charge in [-0.1, -0.05) is 0 Å². The highest BCUT2D eigenvalue weighted by Crippen LogP contribution is 2.38. The van der Waals surface area contributed by atoms with E-state index in [-0.39, 0.29) is 22.6 Å². The minimum Gasteiger partial charge on any atom is -0.493 e. The summed E-state index contributed by atoms with van der Waals surface area (Å²) in [5, 5.41) is 9.10. The molecule has 4 nitrogen and oxygen atoms in total. The molecular formula is C11H14F3NO3. The smallest absolute Gasteiger partial charge is 0.407 e. The van der Waals surface area contributed by atoms with Gasteiger partial charge in [-0.3, -0.25) is 0 Å². The zero-order valence-corrected chi connectivity index (χ0v) is 9.91. The van der Waals surface area contributed by atoms with Gasteiger partial charge in [0.25, 0.3) is 0 Å². The van der Waals surface area contributed by atoms with Gasteiger partial charge >= 0.3 is 6.18 Å². The van der Waals surface area contributed by atoms with Crippen LogP contribution in [0.2, 0.25) is 0 Å². The Morgan fingerprint density at radius 2 is 1.72 bits per heavy atom. The van der Waals surface area contributed by atoms with Crippen molar-refractivity contribution in [2.45, 2.75) is 18.8 Å². The van der Waals surface area contributed by atoms with Crippen molar-refractivity contribution in [2.24, 2.45) is 5.73 Å². The number of ether oxygens (including phenoxy) is 2. The lowest BCUT2D eigenvalue weighted by Gasteiger charge is -2.20. The lowest BCUT2D eigenvalue weighted by atomic mass is 10.00. The molecule has 0 aliphatic rings. The number of aliphatic hydroxyl groups excluding tert-OH is 1. The van der Waals surface area contributed by atoms with Crippen molar-refractivity contribution in [1.29, 1.82) is 0 Å². The van der Waals surface area contributed by atoms with E-state index in [1.807, 2.05) is 0 Å². The van der Waals surface area contributed by atoms with Crippen molar-refractivity contribution in [3.8, 4) is 11.5 Å². The van der Waals surface area contributed by atoms with Gasteiger partial charge in [-0.15, -0.1) is 0 Å². The molecule has 0 fully saturated rings. The summed E-state index contributed by atoms with van der Waals surface area (Å²) in [4.78, 5) is 0. The molecule has 102 valence electrons. The number of methoxy groups -OCH3 is 2. The van der Waals surface area contributed by atoms with Crippen LogP contribution in [0, 0.1) is 0 Å². The summed E-state index contributed by atoms with van der Waals surface area (Å²) in [7, 11) is 2.65. The van der Waals surface area contributed by atoms with E-state index < -0.39 is 18.8 Å². The predicted octanol–water partition coefficient (Wildman–Crippen LogP) is 1.76. The summed E-state index contributed by atoms with van der Waals surface area (Å²) in [6, 6.07) is 0.224. The first-order chi connectivity index (χ1) is 8.35. The van der Waals surface area contributed by atoms with E-state index in [9.17, 15) is 13.2 Å². The molecule has 1 atom stereocenters. The Morgan fingerprint density at radius 3 is 2.11 bits per heavy atom. The summed E-state index contributed by atoms with van der Waals surface area (Å²) in [5.41, 5.74) is 4.95. The summed E-state index contributed by atoms with van der Waals surface area (Å²) >= 11 is 0. The van der Waals surface area contributed by atoms with Crippen LogP contribution in [-0.2, 0) is 6.61 Å². The highest BCUT2D eigenvalue weighted by Gasteiger charge is 2.39. The summed E-state index contributed by atoms with van der Waals surface area (Å²) in [5.74, 6) is 0.365. The lowest BCUT2D eigenvalue weighted by Crippen LogP contribution is -2.29. The molecule has 0 aliphatic carbocycles. The van der Waals surface area contributed by atoms with Crippen LogP contribution in [0.4, 0.5) is 13.2 Å². The zero-order chi connectivity index (χ0) is 13.9. The Morgan fingerprint density at radius 1 is 1.22 bits per heavy atom. The van der Waals surface area contributed by atoms with E-state index in [0.29, 0.717) is 0 Å². The maximum atomic E-state index is 12.6. The number of halogens is 3. The molecule has 3 N–H and O–H groups in total. The fourth-order valence-corrected chi connectivity index (χ4v) is 1.54. The topological polar surface area (TPSA) is 64.7 Å². The molecular weight excluding hydrogens is 251 g/mol. The van der Waals surface area contributed by atoms with Crippen LogP contribution in [0.25, 0.3) is 0 Å². The van der Waals surface area contributed by atoms with E-state index in [2.05, 4.69) is 0 Å². The van der Waals surface area contributed by atoms with Crippen LogP contribution in [0.5, 0.6) is 11.5 Å². The highest BCUT2D eigenvalue weighted by atomic mass is 19.4. The lowest BCUT2D eigenvalue weighted by molar-refractivity contribution is -0.149. The first-order valence-corrected chi connectivity index (χ1v) is 5.03. The summed E-state index contributed by atoms with van der Waals surface area (Å²) in [6.45, 7) is -0.570. The molecule has 0 saturated heterocycles. The number of alkyl halides is 3. The molecule has 0 aromatic heterocycles. The fourth-order valence-electron chi connectivity index (χ4n) is 1.54. The van der Waals surface area contributed by atoms with Gasteiger partial charge in [0.1, 0.15) is 6.04 Å². The third-order valence-electron chi connectivity index (χ3n) is 2.50. The molecule has 1 aromatic rings. The van der Waals surface area contributed by atoms with Crippen LogP contribution in [-0.4, -0.2) is 25.5 Å². The number of nitrogens with two attached hydrogens (primary N) is 1. The minimum atomic E-state index is -4.59. The molecule has 0 aliphatic heterocycles. The molecule has 0 radical (unpaired) electrons. The van der Waals surface area contributed by atoms with Crippen molar-refractivity contribution in [3.05, 3.63) is 23.3 Å². The third kappa shape index (κ3) is 2.85. The van der Waals surface area contributed by atoms with Crippen LogP contribution in [0.1, 0.15) is 17.2 Å². The zero-order valence-electron chi connectivity index (χ0n) is 9.91. The number of aliphatic hydroxyl groups is 1. The normalized spacial score (nSPS) is 13.3. The standard InChI is InChI=1S/C11H14F3NO3/c1-17-8-3-6(5-16)7(4-9(8)18-2)10(15)11(12,13)14/h3-4,10,16H,5,15H2,1-2H3/t10-/m1/s1. The molecule has 18 heavy (non-hydrogen) atoms. The van der Waals surface area contributed by atoms with E-state index in [1.165, 1.54) is 20.3 Å². The molecule has 0 saturated carbocycles. The second-order valence-electron chi connectivity index (χ2n) is 3.58. The average molecular weight is 265 g/mol. The second kappa shape index (κ2) is 5.45. The van der Waals surface area contributed by atoms with Gasteiger partial charge in [-0.2, -0.15) is 13.2 Å². The molecule has 1 aromatic carbocycles. The van der Waals surface area contributed by atoms with Gasteiger partial charge < -0.3 is 20.3 Å². The maximum Gasteiger partial charge on any atom is 0.407 e. The number of hydrogen-bond acceptors (Lipinski definition) is 4. The van der Waals surface area contributed by atoms with Gasteiger partial charge in [-0.05, 0) is 23.3 Å². The van der Waals surface area contributed by atoms with Crippen LogP contribution < -0.4 is 15.2 Å². The van der Waals surface area contributed by atoms with Crippen molar-refractivity contribution in [1.82, 2.24) is 0 Å². The van der Waals surface area contributed by atoms with Gasteiger partial charge in [0.15, 0.2) is 11.5 Å². The molecule has 0 heterocycles. The summed E-state index contributed by atoms with van der Waals surface area (Å²) in [6.07, 6.45) is -4.59. The Hall–Kier alpha value is -1.47. The van der Waals surface area contributed by atoms with Crippen molar-refractivity contribution in [3.63, 3.8) is 0 Å². The van der Waals surface area contributed by atoms with E-state index >= 15 is 0 Å². The third-order valence-corrected chi connectivity index (χ3v) is 2.50. The molecule has 0 amide bonds. The quantitative estimate of drug-likeness (QED) is 0.870. The first-order valence-electron chi connectivity index (χ1n) is 5.03. The van der Waals surface area contributed by atoms with Crippen LogP contribution in [0.15, 0.2) is 12.1 Å². The number of hydrogen-bond donors (Lipinski definition) is 2. The Kier molecular flexibility index (Phi) is 4.42. The minimum absolute atomic E-state index is 0.0532. The van der Waals surface area contributed by atoms with Crippen LogP contribution >= 0.6 is 0 Å². The molecule has 0 bridgehead atoms. The van der Waals surface area contributed by atoms with Gasteiger partial charge in [0, 0.05) is 0 Å². The summed E-state index contributed by atoms with van der Waals surface area (Å²) < 4.78 is 47.6. The molecule has 0 unspecified atom stereocenters. The molecule has 1 rings (SSSR count). The molecule has 0 spiro atoms. The second-order valence-corrected chi connectivity index (χ2v) is 3.58. The first kappa shape index (κ1) is 14.6. The van der Waals surface area contributed by atoms with Gasteiger partial charge in [0.2, 0.25) is 0 Å². The van der Waals surface area contributed by atoms with E-state index in [1.54, 1.807) is 0 Å². The van der Waals surface area contributed by atoms with Crippen LogP contribution in [0.3, 0.4) is 0 Å². The largest absolute Gasteiger partial charge is 0.493 e. The van der Waals surface area contributed by atoms with E-state index in [0.717, 1.165) is 6.07 Å². The SMILES string of the molecule is COc1cc(CO)c([C@@H](N)C(F)(F)F)cc1OC. The van der Waals surface area contributed by atoms with Gasteiger partial charge in [0.05, 0.1) is 20.8 Å². The highest BCUT2D eigenvalue weighted by molar-refractivity contribution is 5.48. The number of benzene rings is 1. The van der Waals surface area contributed by atoms with Gasteiger partial charge in [-0.25, -0.2) is 0 Å². The Balaban J connectivity index is 3.34. The Bertz CT molecular complexity index is 421. The Labute approximate surface area is 102 Å². The van der Waals surface area contributed by atoms with Crippen molar-refractivity contribution in [2.75, 3.05) is 14.2 Å². The van der Waals surface area contributed by atoms with E-state index in [4.69, 9.17) is 20.3 Å². The fraction of sp³-hybridized carbons (Fsp3) is 0.455. The monoisotopic (exact) mass is 265 g/mol.